The fraction of sp³-hybridized carbons (Fsp3) is 0.131. The van der Waals surface area contributed by atoms with E-state index >= 15 is 0 Å². The van der Waals surface area contributed by atoms with E-state index in [0.29, 0.717) is 66.9 Å². The molecule has 0 bridgehead atoms. The molecule has 13 aromatic rings. The number of ether oxygens (including phenoxy) is 4. The number of amides is 2. The molecule has 16 rings (SSSR count). The fourth-order valence-electron chi connectivity index (χ4n) is 13.5. The van der Waals surface area contributed by atoms with E-state index in [2.05, 4.69) is 162 Å². The number of benzene rings is 11. The van der Waals surface area contributed by atoms with Gasteiger partial charge in [0, 0.05) is 135 Å². The molecule has 3 aliphatic rings. The first-order chi connectivity index (χ1) is 57.5. The van der Waals surface area contributed by atoms with Crippen LogP contribution in [0.3, 0.4) is 0 Å². The maximum Gasteiger partial charge on any atom is 0.333 e. The summed E-state index contributed by atoms with van der Waals surface area (Å²) in [5.74, 6) is -2.84. The summed E-state index contributed by atoms with van der Waals surface area (Å²) in [5.41, 5.74) is 12.9. The Balaban J connectivity index is 0.000000145. The van der Waals surface area contributed by atoms with Crippen LogP contribution in [0.4, 0.5) is 16.2 Å². The van der Waals surface area contributed by atoms with Gasteiger partial charge >= 0.3 is 23.9 Å². The summed E-state index contributed by atoms with van der Waals surface area (Å²) in [6.07, 6.45) is 2.77. The number of aryl methyl sites for hydroxylation is 1. The van der Waals surface area contributed by atoms with Gasteiger partial charge in [-0.05, 0) is 99.5 Å². The van der Waals surface area contributed by atoms with Crippen LogP contribution in [-0.2, 0) is 46.5 Å². The molecule has 2 heterocycles. The zero-order valence-electron chi connectivity index (χ0n) is 66.2. The van der Waals surface area contributed by atoms with Gasteiger partial charge in [-0.1, -0.05) is 233 Å². The van der Waals surface area contributed by atoms with Crippen LogP contribution >= 0.6 is 0 Å². The number of aliphatic hydroxyl groups is 1. The lowest BCUT2D eigenvalue weighted by Crippen LogP contribution is -2.33. The lowest BCUT2D eigenvalue weighted by molar-refractivity contribution is -0.142. The first-order valence-electron chi connectivity index (χ1n) is 38.2. The van der Waals surface area contributed by atoms with Crippen LogP contribution in [0.1, 0.15) is 134 Å². The molecule has 2 amide bonds. The molecule has 0 spiro atoms. The smallest absolute Gasteiger partial charge is 0.333 e. The molecule has 0 aliphatic heterocycles. The minimum Gasteiger partial charge on any atom is -0.460 e. The molecule has 11 aromatic carbocycles. The number of aliphatic hydroxyl groups excluding tert-OH is 1. The fourth-order valence-corrected chi connectivity index (χ4v) is 13.5. The monoisotopic (exact) mass is 1590 g/mol. The first kappa shape index (κ1) is 85.0. The molecule has 4 N–H and O–H groups in total. The summed E-state index contributed by atoms with van der Waals surface area (Å²) in [7, 11) is 0. The molecule has 20 heteroatoms. The first-order valence-corrected chi connectivity index (χ1v) is 38.2. The van der Waals surface area contributed by atoms with Gasteiger partial charge < -0.3 is 49.1 Å². The van der Waals surface area contributed by atoms with E-state index in [1.807, 2.05) is 42.6 Å². The van der Waals surface area contributed by atoms with E-state index in [0.717, 1.165) is 12.1 Å². The van der Waals surface area contributed by atoms with Crippen molar-refractivity contribution in [3.05, 3.63) is 382 Å². The second-order valence-electron chi connectivity index (χ2n) is 27.6. The second kappa shape index (κ2) is 39.9. The van der Waals surface area contributed by atoms with E-state index in [9.17, 15) is 53.1 Å². The van der Waals surface area contributed by atoms with E-state index in [1.54, 1.807) is 134 Å². The van der Waals surface area contributed by atoms with Crippen molar-refractivity contribution >= 4 is 126 Å². The van der Waals surface area contributed by atoms with Crippen LogP contribution in [0.25, 0.3) is 55.9 Å². The lowest BCUT2D eigenvalue weighted by Gasteiger charge is -2.20. The minimum atomic E-state index is -0.928. The topological polar surface area (TPSA) is 274 Å². The summed E-state index contributed by atoms with van der Waals surface area (Å²) >= 11 is 0. The van der Waals surface area contributed by atoms with Gasteiger partial charge in [-0.3, -0.25) is 28.8 Å². The maximum absolute atomic E-state index is 12.9. The van der Waals surface area contributed by atoms with Crippen molar-refractivity contribution in [2.24, 2.45) is 0 Å². The standard InChI is InChI=1S/C21H18N2O5.C21H19NO5.C21H18O5.C14H13N.C14H11N.C8H8/c1-12(2)20(26)28-11-10-22-21(27)23-16-9-5-8-15-17(16)19(25)14-7-4-3-6-13(14)18(15)24;1-12(2)21(26)27-11-14(23)10-22-13-7-8-17-18(9-13)20(25)16-6-4-3-5-15(16)19(17)24;1-13(2)21(24)26-10-9-25-12-14-7-8-17-18(11-14)20(23)16-6-4-3-5-15(16)19(17)22;2*1-2-15-13-9-5-3-7-11(13)12-8-4-6-10-14(12)15;1-2-8-6-4-3-5-7-8/h3-9H,1,10-11H2,2H3,(H2,22,23,27);3-9,14,22-23H,1,10-11H2,2H3;3-8,11H,1,9-10,12H2,2H3;3-10H,2H2,1H3;2-10H,1H2;2-7H,1H2. The Morgan fingerprint density at radius 2 is 0.832 bits per heavy atom. The Morgan fingerprint density at radius 3 is 1.31 bits per heavy atom. The Morgan fingerprint density at radius 1 is 0.429 bits per heavy atom. The summed E-state index contributed by atoms with van der Waals surface area (Å²) < 4.78 is 24.7. The number of fused-ring (bicyclic) bond motifs is 12. The van der Waals surface area contributed by atoms with Crippen molar-refractivity contribution in [1.82, 2.24) is 14.5 Å². The quantitative estimate of drug-likeness (QED) is 0.0239. The van der Waals surface area contributed by atoms with Crippen molar-refractivity contribution in [3.8, 4) is 0 Å². The zero-order valence-corrected chi connectivity index (χ0v) is 66.2. The second-order valence-corrected chi connectivity index (χ2v) is 27.6. The number of nitrogens with zero attached hydrogens (tertiary/aromatic N) is 2. The van der Waals surface area contributed by atoms with Crippen LogP contribution in [-0.4, -0.2) is 119 Å². The molecule has 0 saturated carbocycles. The van der Waals surface area contributed by atoms with Crippen LogP contribution in [0.5, 0.6) is 0 Å². The molecular weight excluding hydrogens is 1500 g/mol. The molecule has 119 heavy (non-hydrogen) atoms. The lowest BCUT2D eigenvalue weighted by atomic mass is 9.83. The number of urea groups is 1. The summed E-state index contributed by atoms with van der Waals surface area (Å²) in [6.45, 7) is 26.4. The van der Waals surface area contributed by atoms with Crippen LogP contribution in [0.15, 0.2) is 304 Å². The van der Waals surface area contributed by atoms with Crippen molar-refractivity contribution in [2.75, 3.05) is 50.2 Å². The van der Waals surface area contributed by atoms with Gasteiger partial charge in [0.1, 0.15) is 25.9 Å². The number of rotatable bonds is 20. The number of aromatic nitrogens is 2. The number of esters is 3. The largest absolute Gasteiger partial charge is 0.460 e. The van der Waals surface area contributed by atoms with E-state index in [4.69, 9.17) is 18.9 Å². The van der Waals surface area contributed by atoms with E-state index in [1.165, 1.54) is 63.0 Å². The highest BCUT2D eigenvalue weighted by atomic mass is 16.6. The van der Waals surface area contributed by atoms with Gasteiger partial charge in [-0.25, -0.2) is 19.2 Å². The van der Waals surface area contributed by atoms with Crippen molar-refractivity contribution in [2.45, 2.75) is 47.0 Å². The Kier molecular flexibility index (Phi) is 28.5. The van der Waals surface area contributed by atoms with Crippen LogP contribution < -0.4 is 16.0 Å². The normalized spacial score (nSPS) is 11.9. The molecule has 20 nitrogen and oxygen atoms in total. The highest BCUT2D eigenvalue weighted by molar-refractivity contribution is 6.31. The number of para-hydroxylation sites is 4. The zero-order chi connectivity index (χ0) is 84.8. The predicted molar refractivity (Wildman–Crippen MR) is 465 cm³/mol. The van der Waals surface area contributed by atoms with Gasteiger partial charge in [0.05, 0.1) is 42.0 Å². The molecule has 2 aromatic heterocycles. The van der Waals surface area contributed by atoms with Crippen molar-refractivity contribution in [1.29, 1.82) is 0 Å². The molecule has 598 valence electrons. The molecule has 0 fully saturated rings. The molecule has 1 atom stereocenters. The van der Waals surface area contributed by atoms with Crippen LogP contribution in [0.2, 0.25) is 0 Å². The number of hydrogen-bond acceptors (Lipinski definition) is 16. The average molecular weight is 1590 g/mol. The molecular formula is C99H87N5O15. The summed E-state index contributed by atoms with van der Waals surface area (Å²) in [4.78, 5) is 122. The van der Waals surface area contributed by atoms with E-state index in [-0.39, 0.29) is 109 Å². The maximum atomic E-state index is 12.9. The number of carbonyl (C=O) groups excluding carboxylic acids is 10. The molecule has 3 aliphatic carbocycles. The van der Waals surface area contributed by atoms with Gasteiger partial charge in [0.15, 0.2) is 34.7 Å². The van der Waals surface area contributed by atoms with Gasteiger partial charge in [-0.2, -0.15) is 0 Å². The third-order valence-corrected chi connectivity index (χ3v) is 19.3. The van der Waals surface area contributed by atoms with Gasteiger partial charge in [0.25, 0.3) is 0 Å². The van der Waals surface area contributed by atoms with E-state index < -0.39 is 30.0 Å². The number of carbonyl (C=O) groups is 10. The number of nitrogens with one attached hydrogen (secondary N) is 3. The summed E-state index contributed by atoms with van der Waals surface area (Å²) in [5, 5.41) is 23.3. The summed E-state index contributed by atoms with van der Waals surface area (Å²) in [6, 6.07) is 78.3. The average Bonchev–Trinajstić information content (AvgIpc) is 0.840. The highest BCUT2D eigenvalue weighted by Crippen LogP contribution is 2.35. The molecule has 0 radical (unpaired) electrons. The highest BCUT2D eigenvalue weighted by Gasteiger charge is 2.34. The third-order valence-electron chi connectivity index (χ3n) is 19.3. The third kappa shape index (κ3) is 20.1. The number of anilines is 2. The Labute approximate surface area is 688 Å². The predicted octanol–water partition coefficient (Wildman–Crippen LogP) is 18.2. The van der Waals surface area contributed by atoms with Crippen molar-refractivity contribution < 1.29 is 72.0 Å². The van der Waals surface area contributed by atoms with Gasteiger partial charge in [-0.15, -0.1) is 0 Å². The minimum absolute atomic E-state index is 0.0171. The SMILES string of the molecule is C=C(C)C(=O)OCC(O)CNc1ccc2c(c1)C(=O)c1ccccc1C2=O.C=C(C)C(=O)OCCNC(=O)Nc1cccc2c1C(=O)c1ccccc1C2=O.C=C(C)C(=O)OCCOCc1ccc2c(c1)C(=O)c1ccccc1C2=O.C=Cc1ccccc1.C=Cn1c2ccccc2c2ccccc21.CCn1c2ccccc2c2ccccc21. The Hall–Kier alpha value is -14.9. The number of hydrogen-bond donors (Lipinski definition) is 4. The van der Waals surface area contributed by atoms with Gasteiger partial charge in [0.2, 0.25) is 0 Å². The molecule has 0 saturated heterocycles. The molecule has 1 unspecified atom stereocenters. The van der Waals surface area contributed by atoms with Crippen molar-refractivity contribution in [3.63, 3.8) is 0 Å². The number of ketones is 6. The Bertz CT molecular complexity index is 6060. The van der Waals surface area contributed by atoms with Crippen LogP contribution in [0, 0.1) is 0 Å².